The van der Waals surface area contributed by atoms with Crippen molar-refractivity contribution in [3.05, 3.63) is 29.3 Å². The van der Waals surface area contributed by atoms with E-state index in [4.69, 9.17) is 17.3 Å². The van der Waals surface area contributed by atoms with Crippen LogP contribution in [0.2, 0.25) is 5.02 Å². The second-order valence-electron chi connectivity index (χ2n) is 3.68. The van der Waals surface area contributed by atoms with Gasteiger partial charge in [0.25, 0.3) is 5.91 Å². The van der Waals surface area contributed by atoms with Gasteiger partial charge in [-0.25, -0.2) is 4.79 Å². The monoisotopic (exact) mass is 253 g/mol. The molecule has 0 atom stereocenters. The van der Waals surface area contributed by atoms with Crippen LogP contribution in [0.15, 0.2) is 24.3 Å². The Labute approximate surface area is 104 Å². The first-order chi connectivity index (χ1) is 8.13. The van der Waals surface area contributed by atoms with Crippen molar-refractivity contribution in [2.75, 3.05) is 24.5 Å². The Balaban J connectivity index is 2.21. The number of hydrogen-bond acceptors (Lipinski definition) is 3. The predicted molar refractivity (Wildman–Crippen MR) is 65.0 cm³/mol. The van der Waals surface area contributed by atoms with Crippen molar-refractivity contribution < 1.29 is 9.59 Å². The Kier molecular flexibility index (Phi) is 3.31. The summed E-state index contributed by atoms with van der Waals surface area (Å²) in [5.41, 5.74) is 6.01. The van der Waals surface area contributed by atoms with Crippen molar-refractivity contribution >= 4 is 29.2 Å². The fraction of sp³-hybridized carbons (Fsp3) is 0.273. The van der Waals surface area contributed by atoms with Gasteiger partial charge in [0.2, 0.25) is 0 Å². The van der Waals surface area contributed by atoms with Gasteiger partial charge in [-0.3, -0.25) is 14.6 Å². The number of carbonyl (C=O) groups excluding carboxylic acids is 2. The maximum absolute atomic E-state index is 11.9. The Bertz CT molecular complexity index is 447. The molecule has 5 nitrogen and oxygen atoms in total. The number of anilines is 1. The van der Waals surface area contributed by atoms with Gasteiger partial charge in [-0.2, -0.15) is 0 Å². The molecule has 1 aliphatic rings. The molecule has 0 spiro atoms. The lowest BCUT2D eigenvalue weighted by Gasteiger charge is -2.16. The predicted octanol–water partition coefficient (Wildman–Crippen LogP) is 1.07. The molecule has 0 bridgehead atoms. The number of halogens is 1. The summed E-state index contributed by atoms with van der Waals surface area (Å²) in [6.45, 7) is 0.578. The molecule has 1 fully saturated rings. The molecule has 0 aromatic heterocycles. The van der Waals surface area contributed by atoms with Crippen molar-refractivity contribution in [1.29, 1.82) is 0 Å². The second-order valence-corrected chi connectivity index (χ2v) is 4.12. The van der Waals surface area contributed by atoms with Crippen LogP contribution in [0.4, 0.5) is 10.5 Å². The Morgan fingerprint density at radius 2 is 1.88 bits per heavy atom. The molecule has 0 radical (unpaired) electrons. The van der Waals surface area contributed by atoms with Crippen LogP contribution < -0.4 is 10.6 Å². The Morgan fingerprint density at radius 1 is 1.24 bits per heavy atom. The standard InChI is InChI=1S/C11H12ClN3O2/c12-8-1-3-9(4-2-8)15-7-10(16)14(6-5-13)11(15)17/h1-4H,5-7,13H2. The largest absolute Gasteiger partial charge is 0.331 e. The molecule has 90 valence electrons. The highest BCUT2D eigenvalue weighted by molar-refractivity contribution is 6.30. The minimum atomic E-state index is -0.331. The highest BCUT2D eigenvalue weighted by Gasteiger charge is 2.36. The van der Waals surface area contributed by atoms with Gasteiger partial charge in [0, 0.05) is 23.8 Å². The van der Waals surface area contributed by atoms with Crippen LogP contribution in [-0.4, -0.2) is 36.5 Å². The molecule has 0 unspecified atom stereocenters. The summed E-state index contributed by atoms with van der Waals surface area (Å²) in [6.07, 6.45) is 0. The third-order valence-electron chi connectivity index (χ3n) is 2.55. The quantitative estimate of drug-likeness (QED) is 0.820. The lowest BCUT2D eigenvalue weighted by Crippen LogP contribution is -2.36. The van der Waals surface area contributed by atoms with E-state index in [2.05, 4.69) is 0 Å². The van der Waals surface area contributed by atoms with E-state index in [1.807, 2.05) is 0 Å². The Morgan fingerprint density at radius 3 is 2.47 bits per heavy atom. The molecule has 2 N–H and O–H groups in total. The van der Waals surface area contributed by atoms with E-state index in [1.54, 1.807) is 24.3 Å². The molecule has 1 saturated heterocycles. The average molecular weight is 254 g/mol. The third kappa shape index (κ3) is 2.25. The first kappa shape index (κ1) is 11.9. The fourth-order valence-electron chi connectivity index (χ4n) is 1.71. The molecule has 1 aromatic rings. The van der Waals surface area contributed by atoms with E-state index in [0.29, 0.717) is 10.7 Å². The summed E-state index contributed by atoms with van der Waals surface area (Å²) in [4.78, 5) is 26.1. The minimum Gasteiger partial charge on any atom is -0.329 e. The molecule has 0 aliphatic carbocycles. The summed E-state index contributed by atoms with van der Waals surface area (Å²) < 4.78 is 0. The van der Waals surface area contributed by atoms with E-state index in [0.717, 1.165) is 4.90 Å². The van der Waals surface area contributed by atoms with E-state index in [9.17, 15) is 9.59 Å². The lowest BCUT2D eigenvalue weighted by molar-refractivity contribution is -0.124. The molecular formula is C11H12ClN3O2. The minimum absolute atomic E-state index is 0.0560. The van der Waals surface area contributed by atoms with Gasteiger partial charge in [0.05, 0.1) is 0 Å². The SMILES string of the molecule is NCCN1C(=O)CN(c2ccc(Cl)cc2)C1=O. The molecular weight excluding hydrogens is 242 g/mol. The highest BCUT2D eigenvalue weighted by Crippen LogP contribution is 2.22. The number of nitrogens with two attached hydrogens (primary N) is 1. The lowest BCUT2D eigenvalue weighted by atomic mass is 10.3. The van der Waals surface area contributed by atoms with E-state index >= 15 is 0 Å². The van der Waals surface area contributed by atoms with E-state index in [-0.39, 0.29) is 31.6 Å². The van der Waals surface area contributed by atoms with Crippen LogP contribution in [0.25, 0.3) is 0 Å². The van der Waals surface area contributed by atoms with Gasteiger partial charge in [0.15, 0.2) is 0 Å². The van der Waals surface area contributed by atoms with Gasteiger partial charge in [-0.15, -0.1) is 0 Å². The van der Waals surface area contributed by atoms with Crippen LogP contribution in [0, 0.1) is 0 Å². The van der Waals surface area contributed by atoms with Crippen molar-refractivity contribution in [3.8, 4) is 0 Å². The number of imide groups is 1. The van der Waals surface area contributed by atoms with Gasteiger partial charge >= 0.3 is 6.03 Å². The zero-order valence-corrected chi connectivity index (χ0v) is 9.85. The number of urea groups is 1. The van der Waals surface area contributed by atoms with Crippen LogP contribution in [0.5, 0.6) is 0 Å². The van der Waals surface area contributed by atoms with Gasteiger partial charge in [-0.05, 0) is 24.3 Å². The maximum Gasteiger partial charge on any atom is 0.331 e. The molecule has 1 heterocycles. The van der Waals surface area contributed by atoms with Gasteiger partial charge in [0.1, 0.15) is 6.54 Å². The average Bonchev–Trinajstić information content (AvgIpc) is 2.59. The molecule has 6 heteroatoms. The number of benzene rings is 1. The first-order valence-electron chi connectivity index (χ1n) is 5.21. The number of rotatable bonds is 3. The van der Waals surface area contributed by atoms with Gasteiger partial charge in [-0.1, -0.05) is 11.6 Å². The van der Waals surface area contributed by atoms with Crippen LogP contribution in [0.3, 0.4) is 0 Å². The summed E-state index contributed by atoms with van der Waals surface area (Å²) in [5.74, 6) is -0.226. The third-order valence-corrected chi connectivity index (χ3v) is 2.80. The number of amides is 3. The number of carbonyl (C=O) groups is 2. The molecule has 1 aliphatic heterocycles. The molecule has 0 saturated carbocycles. The second kappa shape index (κ2) is 4.73. The van der Waals surface area contributed by atoms with E-state index < -0.39 is 0 Å². The van der Waals surface area contributed by atoms with Gasteiger partial charge < -0.3 is 5.73 Å². The zero-order chi connectivity index (χ0) is 12.4. The molecule has 3 amide bonds. The topological polar surface area (TPSA) is 66.6 Å². The molecule has 17 heavy (non-hydrogen) atoms. The summed E-state index contributed by atoms with van der Waals surface area (Å²) >= 11 is 5.76. The molecule has 1 aromatic carbocycles. The van der Waals surface area contributed by atoms with Crippen molar-refractivity contribution in [2.45, 2.75) is 0 Å². The highest BCUT2D eigenvalue weighted by atomic mass is 35.5. The summed E-state index contributed by atoms with van der Waals surface area (Å²) in [7, 11) is 0. The molecule has 2 rings (SSSR count). The fourth-order valence-corrected chi connectivity index (χ4v) is 1.84. The van der Waals surface area contributed by atoms with E-state index in [1.165, 1.54) is 4.90 Å². The summed E-state index contributed by atoms with van der Waals surface area (Å²) in [5, 5.41) is 0.588. The van der Waals surface area contributed by atoms with Crippen LogP contribution >= 0.6 is 11.6 Å². The number of hydrogen-bond donors (Lipinski definition) is 1. The van der Waals surface area contributed by atoms with Crippen LogP contribution in [-0.2, 0) is 4.79 Å². The smallest absolute Gasteiger partial charge is 0.329 e. The van der Waals surface area contributed by atoms with Crippen molar-refractivity contribution in [3.63, 3.8) is 0 Å². The Hall–Kier alpha value is -1.59. The van der Waals surface area contributed by atoms with Crippen LogP contribution in [0.1, 0.15) is 0 Å². The zero-order valence-electron chi connectivity index (χ0n) is 9.10. The summed E-state index contributed by atoms with van der Waals surface area (Å²) in [6, 6.07) is 6.45. The number of nitrogens with zero attached hydrogens (tertiary/aromatic N) is 2. The van der Waals surface area contributed by atoms with Crippen molar-refractivity contribution in [2.24, 2.45) is 5.73 Å². The maximum atomic E-state index is 11.9. The van der Waals surface area contributed by atoms with Crippen molar-refractivity contribution in [1.82, 2.24) is 4.90 Å². The normalized spacial score (nSPS) is 15.9. The first-order valence-corrected chi connectivity index (χ1v) is 5.59.